The summed E-state index contributed by atoms with van der Waals surface area (Å²) in [6, 6.07) is 7.65. The summed E-state index contributed by atoms with van der Waals surface area (Å²) in [5.41, 5.74) is 7.00. The van der Waals surface area contributed by atoms with Crippen LogP contribution in [0.1, 0.15) is 40.3 Å². The summed E-state index contributed by atoms with van der Waals surface area (Å²) in [5.74, 6) is 0.447. The van der Waals surface area contributed by atoms with Crippen molar-refractivity contribution in [2.75, 3.05) is 24.7 Å². The molecule has 4 N–H and O–H groups in total. The van der Waals surface area contributed by atoms with Crippen LogP contribution in [-0.2, 0) is 23.4 Å². The number of ether oxygens (including phenoxy) is 2. The smallest absolute Gasteiger partial charge is 0.459 e. The zero-order valence-electron chi connectivity index (χ0n) is 22.0. The van der Waals surface area contributed by atoms with E-state index in [4.69, 9.17) is 24.3 Å². The first-order valence-electron chi connectivity index (χ1n) is 12.4. The zero-order chi connectivity index (χ0) is 27.4. The minimum atomic E-state index is -4.00. The lowest BCUT2D eigenvalue weighted by Gasteiger charge is -2.24. The number of nitrogens with zero attached hydrogens (tertiary/aromatic N) is 4. The van der Waals surface area contributed by atoms with Crippen LogP contribution < -0.4 is 20.7 Å². The molecule has 0 spiro atoms. The van der Waals surface area contributed by atoms with Crippen LogP contribution in [-0.4, -0.2) is 57.4 Å². The first-order chi connectivity index (χ1) is 18.1. The van der Waals surface area contributed by atoms with Crippen LogP contribution in [0.25, 0.3) is 11.2 Å². The second-order valence-electron chi connectivity index (χ2n) is 9.40. The van der Waals surface area contributed by atoms with Gasteiger partial charge in [0, 0.05) is 13.0 Å². The molecule has 3 aromatic rings. The number of nitrogen functional groups attached to an aromatic ring is 1. The normalized spacial score (nSPS) is 21.8. The van der Waals surface area contributed by atoms with Crippen LogP contribution in [0, 0.1) is 5.92 Å². The third-order valence-corrected chi connectivity index (χ3v) is 7.50. The van der Waals surface area contributed by atoms with Gasteiger partial charge in [-0.1, -0.05) is 25.1 Å². The molecule has 1 fully saturated rings. The van der Waals surface area contributed by atoms with Gasteiger partial charge >= 0.3 is 13.7 Å². The minimum Gasteiger partial charge on any atom is -0.462 e. The maximum absolute atomic E-state index is 13.7. The number of hydrogen-bond acceptors (Lipinski definition) is 11. The second-order valence-corrected chi connectivity index (χ2v) is 11.1. The fraction of sp³-hybridized carbons (Fsp3) is 0.500. The van der Waals surface area contributed by atoms with Crippen molar-refractivity contribution in [3.8, 4) is 5.75 Å². The van der Waals surface area contributed by atoms with Crippen molar-refractivity contribution in [2.45, 2.75) is 58.6 Å². The topological polar surface area (TPSA) is 165 Å². The van der Waals surface area contributed by atoms with Crippen molar-refractivity contribution < 1.29 is 27.9 Å². The van der Waals surface area contributed by atoms with Gasteiger partial charge in [0.2, 0.25) is 5.95 Å². The lowest BCUT2D eigenvalue weighted by atomic mass is 10.1. The molecule has 1 unspecified atom stereocenters. The third-order valence-electron chi connectivity index (χ3n) is 5.86. The highest BCUT2D eigenvalue weighted by Crippen LogP contribution is 2.46. The van der Waals surface area contributed by atoms with E-state index >= 15 is 0 Å². The second kappa shape index (κ2) is 11.6. The van der Waals surface area contributed by atoms with Crippen molar-refractivity contribution in [3.05, 3.63) is 36.7 Å². The Hall–Kier alpha value is -3.25. The van der Waals surface area contributed by atoms with Crippen LogP contribution in [0.2, 0.25) is 0 Å². The molecule has 0 radical (unpaired) electrons. The Morgan fingerprint density at radius 2 is 2.00 bits per heavy atom. The van der Waals surface area contributed by atoms with Crippen LogP contribution in [0.4, 0.5) is 11.8 Å². The molecule has 0 amide bonds. The van der Waals surface area contributed by atoms with E-state index in [9.17, 15) is 9.36 Å². The number of esters is 1. The number of nitrogens with two attached hydrogens (primary N) is 1. The van der Waals surface area contributed by atoms with Crippen molar-refractivity contribution in [3.63, 3.8) is 0 Å². The number of carbonyl (C=O) groups is 1. The van der Waals surface area contributed by atoms with Gasteiger partial charge in [-0.25, -0.2) is 9.55 Å². The molecule has 14 heteroatoms. The summed E-state index contributed by atoms with van der Waals surface area (Å²) in [4.78, 5) is 25.3. The summed E-state index contributed by atoms with van der Waals surface area (Å²) in [6.07, 6.45) is 1.10. The molecule has 0 saturated carbocycles. The molecule has 0 aliphatic carbocycles. The van der Waals surface area contributed by atoms with Crippen LogP contribution in [0.3, 0.4) is 0 Å². The number of hydrogen-bond donors (Lipinski definition) is 3. The molecular formula is C24H34N7O6P. The number of benzene rings is 1. The van der Waals surface area contributed by atoms with E-state index in [2.05, 4.69) is 25.4 Å². The highest BCUT2D eigenvalue weighted by atomic mass is 31.2. The Labute approximate surface area is 221 Å². The molecule has 1 aliphatic heterocycles. The summed E-state index contributed by atoms with van der Waals surface area (Å²) < 4.78 is 38.6. The molecule has 38 heavy (non-hydrogen) atoms. The SMILES string of the molecule is CNc1nc(N)nc2c1ncn2[C@@H]1O[C@H](COP(=O)(N[C@@H](C)C(=O)OC(C)C)Oc2ccccc2)C[C@@H]1C. The van der Waals surface area contributed by atoms with Crippen molar-refractivity contribution in [2.24, 2.45) is 5.92 Å². The lowest BCUT2D eigenvalue weighted by molar-refractivity contribution is -0.149. The Morgan fingerprint density at radius 3 is 2.68 bits per heavy atom. The highest BCUT2D eigenvalue weighted by molar-refractivity contribution is 7.52. The molecule has 3 heterocycles. The molecule has 4 rings (SSSR count). The van der Waals surface area contributed by atoms with Crippen molar-refractivity contribution >= 4 is 36.6 Å². The molecule has 1 saturated heterocycles. The zero-order valence-corrected chi connectivity index (χ0v) is 22.9. The first kappa shape index (κ1) is 27.8. The summed E-state index contributed by atoms with van der Waals surface area (Å²) >= 11 is 0. The number of carbonyl (C=O) groups excluding carboxylic acids is 1. The molecule has 1 aromatic carbocycles. The largest absolute Gasteiger partial charge is 0.462 e. The standard InChI is InChI=1S/C24H34N7O6P/c1-14(2)35-23(32)16(4)30-38(33,37-17-9-7-6-8-10-17)34-12-18-11-15(3)22(36-18)31-13-27-19-20(26-5)28-24(25)29-21(19)31/h6-10,13-16,18,22H,11-12H2,1-5H3,(H,30,33)(H3,25,26,28,29)/t15-,16-,18-,22+,38?/m0/s1. The van der Waals surface area contributed by atoms with Gasteiger partial charge in [0.25, 0.3) is 0 Å². The van der Waals surface area contributed by atoms with Crippen LogP contribution in [0.5, 0.6) is 5.75 Å². The van der Waals surface area contributed by atoms with E-state index in [0.717, 1.165) is 0 Å². The van der Waals surface area contributed by atoms with Gasteiger partial charge in [-0.05, 0) is 39.3 Å². The maximum atomic E-state index is 13.7. The molecule has 0 bridgehead atoms. The van der Waals surface area contributed by atoms with Gasteiger partial charge in [-0.15, -0.1) is 0 Å². The van der Waals surface area contributed by atoms with E-state index in [1.165, 1.54) is 6.92 Å². The van der Waals surface area contributed by atoms with Crippen LogP contribution in [0.15, 0.2) is 36.7 Å². The lowest BCUT2D eigenvalue weighted by Crippen LogP contribution is -2.36. The first-order valence-corrected chi connectivity index (χ1v) is 13.9. The van der Waals surface area contributed by atoms with E-state index in [0.29, 0.717) is 29.2 Å². The predicted molar refractivity (Wildman–Crippen MR) is 141 cm³/mol. The molecular weight excluding hydrogens is 513 g/mol. The average molecular weight is 548 g/mol. The fourth-order valence-corrected chi connectivity index (χ4v) is 5.70. The van der Waals surface area contributed by atoms with Gasteiger partial charge in [-0.2, -0.15) is 15.1 Å². The van der Waals surface area contributed by atoms with Crippen LogP contribution >= 0.6 is 7.75 Å². The Morgan fingerprint density at radius 1 is 1.26 bits per heavy atom. The van der Waals surface area contributed by atoms with E-state index < -0.39 is 32.1 Å². The predicted octanol–water partition coefficient (Wildman–Crippen LogP) is 3.51. The summed E-state index contributed by atoms with van der Waals surface area (Å²) in [6.45, 7) is 6.99. The van der Waals surface area contributed by atoms with Gasteiger partial charge < -0.3 is 25.0 Å². The van der Waals surface area contributed by atoms with Crippen molar-refractivity contribution in [1.82, 2.24) is 24.6 Å². The monoisotopic (exact) mass is 547 g/mol. The van der Waals surface area contributed by atoms with Gasteiger partial charge in [-0.3, -0.25) is 13.9 Å². The van der Waals surface area contributed by atoms with Gasteiger partial charge in [0.05, 0.1) is 25.1 Å². The summed E-state index contributed by atoms with van der Waals surface area (Å²) in [5, 5.41) is 5.66. The Kier molecular flexibility index (Phi) is 8.51. The van der Waals surface area contributed by atoms with E-state index in [-0.39, 0.29) is 24.6 Å². The Bertz CT molecular complexity index is 1300. The number of fused-ring (bicyclic) bond motifs is 1. The minimum absolute atomic E-state index is 0.0462. The fourth-order valence-electron chi connectivity index (χ4n) is 4.17. The molecule has 5 atom stereocenters. The number of imidazole rings is 1. The number of para-hydroxylation sites is 1. The molecule has 1 aliphatic rings. The quantitative estimate of drug-likeness (QED) is 0.237. The van der Waals surface area contributed by atoms with E-state index in [1.807, 2.05) is 6.92 Å². The number of nitrogens with one attached hydrogen (secondary N) is 2. The third kappa shape index (κ3) is 6.41. The van der Waals surface area contributed by atoms with Gasteiger partial charge in [0.1, 0.15) is 18.0 Å². The molecule has 206 valence electrons. The number of aromatic nitrogens is 4. The average Bonchev–Trinajstić information content (AvgIpc) is 3.45. The summed E-state index contributed by atoms with van der Waals surface area (Å²) in [7, 11) is -2.27. The number of rotatable bonds is 11. The maximum Gasteiger partial charge on any atom is 0.459 e. The van der Waals surface area contributed by atoms with Gasteiger partial charge in [0.15, 0.2) is 17.0 Å². The Balaban J connectivity index is 1.48. The molecule has 2 aromatic heterocycles. The number of anilines is 2. The van der Waals surface area contributed by atoms with E-state index in [1.54, 1.807) is 62.1 Å². The molecule has 13 nitrogen and oxygen atoms in total. The van der Waals surface area contributed by atoms with Crippen molar-refractivity contribution in [1.29, 1.82) is 0 Å². The highest BCUT2D eigenvalue weighted by Gasteiger charge is 2.38.